The molecule has 6 nitrogen and oxygen atoms in total. The molecule has 0 fully saturated rings. The van der Waals surface area contributed by atoms with Crippen molar-refractivity contribution in [2.75, 3.05) is 5.32 Å². The van der Waals surface area contributed by atoms with Crippen LogP contribution >= 0.6 is 11.6 Å². The van der Waals surface area contributed by atoms with Crippen molar-refractivity contribution >= 4 is 23.2 Å². The third-order valence-electron chi connectivity index (χ3n) is 3.73. The number of aryl methyl sites for hydroxylation is 2. The monoisotopic (exact) mass is 313 g/mol. The molecule has 3 aromatic rings. The average Bonchev–Trinajstić information content (AvgIpc) is 3.13. The van der Waals surface area contributed by atoms with E-state index in [9.17, 15) is 4.79 Å². The molecular formula is C15H12ClN5O. The number of fused-ring (bicyclic) bond motifs is 3. The number of aromatic amines is 1. The molecule has 0 aromatic carbocycles. The number of rotatable bonds is 2. The number of aromatic nitrogens is 4. The van der Waals surface area contributed by atoms with Gasteiger partial charge in [0.15, 0.2) is 0 Å². The van der Waals surface area contributed by atoms with Crippen molar-refractivity contribution in [3.8, 4) is 11.4 Å². The molecule has 1 amide bonds. The lowest BCUT2D eigenvalue weighted by molar-refractivity contribution is 0.102. The van der Waals surface area contributed by atoms with Gasteiger partial charge in [0.25, 0.3) is 5.91 Å². The number of amides is 1. The summed E-state index contributed by atoms with van der Waals surface area (Å²) in [5, 5.41) is 3.18. The smallest absolute Gasteiger partial charge is 0.257 e. The Kier molecular flexibility index (Phi) is 2.97. The Morgan fingerprint density at radius 1 is 1.36 bits per heavy atom. The van der Waals surface area contributed by atoms with Gasteiger partial charge in [-0.15, -0.1) is 0 Å². The molecule has 7 heteroatoms. The summed E-state index contributed by atoms with van der Waals surface area (Å²) in [6.07, 6.45) is 7.81. The zero-order valence-corrected chi connectivity index (χ0v) is 12.3. The summed E-state index contributed by atoms with van der Waals surface area (Å²) in [6, 6.07) is 3.31. The number of nitrogens with one attached hydrogen (secondary N) is 2. The molecule has 0 saturated heterocycles. The maximum atomic E-state index is 12.6. The van der Waals surface area contributed by atoms with Gasteiger partial charge in [-0.25, -0.2) is 9.97 Å². The van der Waals surface area contributed by atoms with Gasteiger partial charge in [0.2, 0.25) is 0 Å². The molecule has 0 bridgehead atoms. The molecule has 0 atom stereocenters. The summed E-state index contributed by atoms with van der Waals surface area (Å²) in [6.45, 7) is 0.865. The second-order valence-corrected chi connectivity index (χ2v) is 5.46. The number of anilines is 1. The van der Waals surface area contributed by atoms with E-state index in [-0.39, 0.29) is 5.91 Å². The quantitative estimate of drug-likeness (QED) is 0.714. The van der Waals surface area contributed by atoms with E-state index in [2.05, 4.69) is 24.8 Å². The number of carbonyl (C=O) groups excluding carboxylic acids is 1. The highest BCUT2D eigenvalue weighted by atomic mass is 35.5. The van der Waals surface area contributed by atoms with Crippen LogP contribution in [0.3, 0.4) is 0 Å². The minimum Gasteiger partial charge on any atom is -0.364 e. The third-order valence-corrected chi connectivity index (χ3v) is 3.94. The van der Waals surface area contributed by atoms with Crippen molar-refractivity contribution in [2.24, 2.45) is 0 Å². The van der Waals surface area contributed by atoms with Crippen molar-refractivity contribution in [1.29, 1.82) is 0 Å². The molecule has 1 aliphatic heterocycles. The summed E-state index contributed by atoms with van der Waals surface area (Å²) >= 11 is 5.84. The second kappa shape index (κ2) is 4.99. The molecule has 2 N–H and O–H groups in total. The van der Waals surface area contributed by atoms with Crippen molar-refractivity contribution in [1.82, 2.24) is 19.5 Å². The van der Waals surface area contributed by atoms with Gasteiger partial charge in [-0.05, 0) is 12.1 Å². The van der Waals surface area contributed by atoms with Gasteiger partial charge >= 0.3 is 0 Å². The zero-order valence-electron chi connectivity index (χ0n) is 11.5. The van der Waals surface area contributed by atoms with Gasteiger partial charge in [-0.1, -0.05) is 11.6 Å². The number of halogens is 1. The highest BCUT2D eigenvalue weighted by Gasteiger charge is 2.25. The number of carbonyl (C=O) groups is 1. The molecule has 0 spiro atoms. The first-order valence-electron chi connectivity index (χ1n) is 6.87. The van der Waals surface area contributed by atoms with Crippen molar-refractivity contribution in [3.05, 3.63) is 53.3 Å². The molecule has 0 unspecified atom stereocenters. The molecule has 4 heterocycles. The van der Waals surface area contributed by atoms with Crippen molar-refractivity contribution in [2.45, 2.75) is 13.0 Å². The Balaban J connectivity index is 1.70. The van der Waals surface area contributed by atoms with Crippen LogP contribution in [0.15, 0.2) is 36.9 Å². The van der Waals surface area contributed by atoms with E-state index in [1.807, 2.05) is 6.20 Å². The van der Waals surface area contributed by atoms with E-state index in [1.165, 1.54) is 0 Å². The fourth-order valence-electron chi connectivity index (χ4n) is 2.73. The van der Waals surface area contributed by atoms with E-state index < -0.39 is 0 Å². The first-order chi connectivity index (χ1) is 10.7. The summed E-state index contributed by atoms with van der Waals surface area (Å²) in [5.41, 5.74) is 3.10. The Morgan fingerprint density at radius 3 is 3.14 bits per heavy atom. The summed E-state index contributed by atoms with van der Waals surface area (Å²) in [5.74, 6) is 0.622. The molecule has 0 radical (unpaired) electrons. The van der Waals surface area contributed by atoms with E-state index in [1.54, 1.807) is 30.7 Å². The lowest BCUT2D eigenvalue weighted by atomic mass is 10.0. The van der Waals surface area contributed by atoms with E-state index in [0.29, 0.717) is 16.4 Å². The molecule has 110 valence electrons. The fourth-order valence-corrected chi connectivity index (χ4v) is 2.90. The summed E-state index contributed by atoms with van der Waals surface area (Å²) < 4.78 is 2.05. The van der Waals surface area contributed by atoms with Crippen LogP contribution in [0.2, 0.25) is 5.15 Å². The Morgan fingerprint density at radius 2 is 2.27 bits per heavy atom. The van der Waals surface area contributed by atoms with Gasteiger partial charge in [0.1, 0.15) is 11.0 Å². The van der Waals surface area contributed by atoms with E-state index in [0.717, 1.165) is 30.0 Å². The maximum absolute atomic E-state index is 12.6. The van der Waals surface area contributed by atoms with Gasteiger partial charge < -0.3 is 14.9 Å². The minimum absolute atomic E-state index is 0.198. The Hall–Kier alpha value is -2.60. The average molecular weight is 314 g/mol. The highest BCUT2D eigenvalue weighted by molar-refractivity contribution is 6.29. The fraction of sp³-hybridized carbons (Fsp3) is 0.133. The van der Waals surface area contributed by atoms with Crippen LogP contribution in [0.25, 0.3) is 11.4 Å². The van der Waals surface area contributed by atoms with Crippen molar-refractivity contribution in [3.63, 3.8) is 0 Å². The number of imidazole rings is 1. The zero-order chi connectivity index (χ0) is 15.1. The number of H-pyrrole nitrogens is 1. The minimum atomic E-state index is -0.198. The first kappa shape index (κ1) is 13.1. The lowest BCUT2D eigenvalue weighted by Gasteiger charge is -2.15. The molecule has 1 aliphatic rings. The standard InChI is InChI=1S/C15H12ClN5O/c16-12-7-9(1-3-17-12)20-15(22)10-8-19-11-2-5-21-6-4-18-14(21)13(10)11/h1,3-4,6-8,19H,2,5H2,(H,17,20,22). The summed E-state index contributed by atoms with van der Waals surface area (Å²) in [7, 11) is 0. The molecular weight excluding hydrogens is 302 g/mol. The third kappa shape index (κ3) is 2.08. The predicted molar refractivity (Wildman–Crippen MR) is 82.9 cm³/mol. The largest absolute Gasteiger partial charge is 0.364 e. The van der Waals surface area contributed by atoms with Crippen LogP contribution in [0.4, 0.5) is 5.69 Å². The molecule has 0 aliphatic carbocycles. The summed E-state index contributed by atoms with van der Waals surface area (Å²) in [4.78, 5) is 24.0. The Labute approximate surface area is 131 Å². The predicted octanol–water partition coefficient (Wildman–Crippen LogP) is 2.74. The topological polar surface area (TPSA) is 75.6 Å². The normalized spacial score (nSPS) is 12.6. The van der Waals surface area contributed by atoms with E-state index >= 15 is 0 Å². The number of hydrogen-bond donors (Lipinski definition) is 2. The number of pyridine rings is 1. The van der Waals surface area contributed by atoms with Crippen LogP contribution in [0.1, 0.15) is 16.1 Å². The van der Waals surface area contributed by atoms with Crippen LogP contribution in [0.5, 0.6) is 0 Å². The first-order valence-corrected chi connectivity index (χ1v) is 7.25. The molecule has 0 saturated carbocycles. The maximum Gasteiger partial charge on any atom is 0.257 e. The second-order valence-electron chi connectivity index (χ2n) is 5.07. The highest BCUT2D eigenvalue weighted by Crippen LogP contribution is 2.31. The van der Waals surface area contributed by atoms with E-state index in [4.69, 9.17) is 11.6 Å². The van der Waals surface area contributed by atoms with Crippen LogP contribution in [0, 0.1) is 0 Å². The molecule has 22 heavy (non-hydrogen) atoms. The molecule has 4 rings (SSSR count). The van der Waals surface area contributed by atoms with Gasteiger partial charge in [-0.2, -0.15) is 0 Å². The SMILES string of the molecule is O=C(Nc1ccnc(Cl)c1)c1c[nH]c2c1-c1nccn1CC2. The molecule has 3 aromatic heterocycles. The van der Waals surface area contributed by atoms with Crippen LogP contribution < -0.4 is 5.32 Å². The van der Waals surface area contributed by atoms with Gasteiger partial charge in [-0.3, -0.25) is 4.79 Å². The number of hydrogen-bond acceptors (Lipinski definition) is 3. The van der Waals surface area contributed by atoms with Gasteiger partial charge in [0, 0.05) is 49.1 Å². The van der Waals surface area contributed by atoms with Gasteiger partial charge in [0.05, 0.1) is 11.1 Å². The van der Waals surface area contributed by atoms with Crippen LogP contribution in [-0.2, 0) is 13.0 Å². The van der Waals surface area contributed by atoms with Crippen LogP contribution in [-0.4, -0.2) is 25.4 Å². The lowest BCUT2D eigenvalue weighted by Crippen LogP contribution is -2.15. The van der Waals surface area contributed by atoms with Crippen molar-refractivity contribution < 1.29 is 4.79 Å². The Bertz CT molecular complexity index is 866. The number of nitrogens with zero attached hydrogens (tertiary/aromatic N) is 3.